The molecule has 130 valence electrons. The second kappa shape index (κ2) is 13.1. The monoisotopic (exact) mass is 324 g/mol. The van der Waals surface area contributed by atoms with Crippen LogP contribution in [0.15, 0.2) is 0 Å². The van der Waals surface area contributed by atoms with Gasteiger partial charge in [0, 0.05) is 5.41 Å². The van der Waals surface area contributed by atoms with Crippen LogP contribution in [0.25, 0.3) is 0 Å². The normalized spacial score (nSPS) is 10.5. The number of rotatable bonds is 11. The van der Waals surface area contributed by atoms with Gasteiger partial charge in [-0.05, 0) is 0 Å². The van der Waals surface area contributed by atoms with E-state index in [1.807, 2.05) is 0 Å². The minimum absolute atomic E-state index is 0.0417. The van der Waals surface area contributed by atoms with Crippen LogP contribution in [-0.4, -0.2) is 77.8 Å². The number of Topliss-reactive ketones (excluding diaryl/α,β-unsaturated/α-hetero) is 1. The van der Waals surface area contributed by atoms with Crippen molar-refractivity contribution in [2.45, 2.75) is 20.3 Å². The Bertz CT molecular complexity index is 330. The predicted molar refractivity (Wildman–Crippen MR) is 74.5 cm³/mol. The standard InChI is InChI=1S/C7H10O5.C6H14O4/c1-7(2,3-4(8)9)5(10)6(11)12;7-1-3-9-5-6-10-4-2-8/h3H2,1-2H3,(H,8,9)(H,11,12);7-8H,1-6H2. The maximum atomic E-state index is 10.8. The number of ether oxygens (including phenoxy) is 2. The van der Waals surface area contributed by atoms with Crippen molar-refractivity contribution in [3.63, 3.8) is 0 Å². The van der Waals surface area contributed by atoms with Gasteiger partial charge < -0.3 is 29.9 Å². The van der Waals surface area contributed by atoms with E-state index in [0.29, 0.717) is 26.4 Å². The topological polar surface area (TPSA) is 151 Å². The summed E-state index contributed by atoms with van der Waals surface area (Å²) in [7, 11) is 0. The molecule has 0 aliphatic rings. The lowest BCUT2D eigenvalue weighted by atomic mass is 9.84. The summed E-state index contributed by atoms with van der Waals surface area (Å²) in [5, 5.41) is 33.1. The number of carbonyl (C=O) groups excluding carboxylic acids is 1. The van der Waals surface area contributed by atoms with Gasteiger partial charge in [-0.25, -0.2) is 4.79 Å². The van der Waals surface area contributed by atoms with E-state index in [2.05, 4.69) is 0 Å². The van der Waals surface area contributed by atoms with Gasteiger partial charge in [0.15, 0.2) is 0 Å². The first kappa shape index (κ1) is 22.7. The Kier molecular flexibility index (Phi) is 13.6. The second-order valence-electron chi connectivity index (χ2n) is 4.76. The zero-order valence-electron chi connectivity index (χ0n) is 12.8. The van der Waals surface area contributed by atoms with E-state index in [1.54, 1.807) is 0 Å². The Morgan fingerprint density at radius 3 is 1.55 bits per heavy atom. The lowest BCUT2D eigenvalue weighted by molar-refractivity contribution is -0.155. The molecular formula is C13H24O9. The predicted octanol–water partition coefficient (Wildman–Crippen LogP) is -0.855. The van der Waals surface area contributed by atoms with E-state index in [-0.39, 0.29) is 13.2 Å². The van der Waals surface area contributed by atoms with Crippen LogP contribution >= 0.6 is 0 Å². The summed E-state index contributed by atoms with van der Waals surface area (Å²) in [6, 6.07) is 0. The van der Waals surface area contributed by atoms with E-state index in [1.165, 1.54) is 13.8 Å². The summed E-state index contributed by atoms with van der Waals surface area (Å²) in [4.78, 5) is 31.2. The maximum absolute atomic E-state index is 10.8. The fourth-order valence-electron chi connectivity index (χ4n) is 1.20. The summed E-state index contributed by atoms with van der Waals surface area (Å²) in [6.07, 6.45) is -0.474. The number of aliphatic hydroxyl groups excluding tert-OH is 2. The SMILES string of the molecule is CC(C)(CC(=O)O)C(=O)C(=O)O.OCCOCCOCCO. The first-order valence-corrected chi connectivity index (χ1v) is 6.55. The molecule has 0 saturated heterocycles. The molecule has 9 nitrogen and oxygen atoms in total. The molecule has 9 heteroatoms. The Hall–Kier alpha value is -1.55. The number of hydrogen-bond acceptors (Lipinski definition) is 7. The molecule has 0 unspecified atom stereocenters. The van der Waals surface area contributed by atoms with Gasteiger partial charge in [-0.15, -0.1) is 0 Å². The van der Waals surface area contributed by atoms with Crippen molar-refractivity contribution in [2.75, 3.05) is 39.6 Å². The molecule has 0 radical (unpaired) electrons. The molecule has 0 amide bonds. The van der Waals surface area contributed by atoms with Crippen LogP contribution in [0.3, 0.4) is 0 Å². The number of carbonyl (C=O) groups is 3. The maximum Gasteiger partial charge on any atom is 0.372 e. The van der Waals surface area contributed by atoms with Crippen LogP contribution in [0.5, 0.6) is 0 Å². The molecule has 22 heavy (non-hydrogen) atoms. The van der Waals surface area contributed by atoms with Gasteiger partial charge in [-0.2, -0.15) is 0 Å². The highest BCUT2D eigenvalue weighted by atomic mass is 16.5. The van der Waals surface area contributed by atoms with Gasteiger partial charge in [-0.1, -0.05) is 13.8 Å². The first-order valence-electron chi connectivity index (χ1n) is 6.55. The highest BCUT2D eigenvalue weighted by Crippen LogP contribution is 2.21. The van der Waals surface area contributed by atoms with Crippen LogP contribution in [0.1, 0.15) is 20.3 Å². The molecule has 0 saturated carbocycles. The van der Waals surface area contributed by atoms with E-state index < -0.39 is 29.6 Å². The Labute approximate surface area is 128 Å². The number of carboxylic acids is 2. The molecule has 0 rings (SSSR count). The second-order valence-corrected chi connectivity index (χ2v) is 4.76. The van der Waals surface area contributed by atoms with E-state index in [9.17, 15) is 14.4 Å². The average Bonchev–Trinajstić information content (AvgIpc) is 2.41. The van der Waals surface area contributed by atoms with Crippen LogP contribution in [-0.2, 0) is 23.9 Å². The Morgan fingerprint density at radius 1 is 0.864 bits per heavy atom. The van der Waals surface area contributed by atoms with Crippen molar-refractivity contribution in [2.24, 2.45) is 5.41 Å². The number of ketones is 1. The smallest absolute Gasteiger partial charge is 0.372 e. The van der Waals surface area contributed by atoms with Crippen molar-refractivity contribution >= 4 is 17.7 Å². The molecule has 0 aromatic carbocycles. The average molecular weight is 324 g/mol. The summed E-state index contributed by atoms with van der Waals surface area (Å²) >= 11 is 0. The van der Waals surface area contributed by atoms with Gasteiger partial charge in [-0.3, -0.25) is 9.59 Å². The molecule has 0 atom stereocenters. The minimum Gasteiger partial charge on any atom is -0.481 e. The van der Waals surface area contributed by atoms with Crippen molar-refractivity contribution in [1.82, 2.24) is 0 Å². The zero-order valence-corrected chi connectivity index (χ0v) is 12.8. The van der Waals surface area contributed by atoms with E-state index in [4.69, 9.17) is 29.9 Å². The van der Waals surface area contributed by atoms with Crippen molar-refractivity contribution < 1.29 is 44.3 Å². The molecular weight excluding hydrogens is 300 g/mol. The van der Waals surface area contributed by atoms with Crippen molar-refractivity contribution in [3.8, 4) is 0 Å². The molecule has 0 aromatic rings. The summed E-state index contributed by atoms with van der Waals surface area (Å²) in [5.74, 6) is -3.86. The zero-order chi connectivity index (χ0) is 17.6. The first-order chi connectivity index (χ1) is 10.2. The summed E-state index contributed by atoms with van der Waals surface area (Å²) in [6.45, 7) is 4.31. The summed E-state index contributed by atoms with van der Waals surface area (Å²) in [5.41, 5.74) is -1.34. The minimum atomic E-state index is -1.60. The number of aliphatic hydroxyl groups is 2. The van der Waals surface area contributed by atoms with Crippen LogP contribution < -0.4 is 0 Å². The van der Waals surface area contributed by atoms with Crippen LogP contribution in [0, 0.1) is 5.41 Å². The number of carboxylic acid groups (broad SMARTS) is 2. The molecule has 0 aliphatic carbocycles. The molecule has 4 N–H and O–H groups in total. The largest absolute Gasteiger partial charge is 0.481 e. The lowest BCUT2D eigenvalue weighted by Gasteiger charge is -2.17. The van der Waals surface area contributed by atoms with E-state index in [0.717, 1.165) is 0 Å². The highest BCUT2D eigenvalue weighted by molar-refractivity contribution is 6.35. The van der Waals surface area contributed by atoms with Gasteiger partial charge in [0.1, 0.15) is 0 Å². The molecule has 0 aliphatic heterocycles. The van der Waals surface area contributed by atoms with Crippen LogP contribution in [0.2, 0.25) is 0 Å². The quantitative estimate of drug-likeness (QED) is 0.281. The van der Waals surface area contributed by atoms with Crippen molar-refractivity contribution in [3.05, 3.63) is 0 Å². The lowest BCUT2D eigenvalue weighted by Crippen LogP contribution is -2.33. The van der Waals surface area contributed by atoms with Gasteiger partial charge >= 0.3 is 11.9 Å². The van der Waals surface area contributed by atoms with Gasteiger partial charge in [0.25, 0.3) is 0 Å². The van der Waals surface area contributed by atoms with Gasteiger partial charge in [0.05, 0.1) is 46.1 Å². The number of hydrogen-bond donors (Lipinski definition) is 4. The third-order valence-corrected chi connectivity index (χ3v) is 2.25. The van der Waals surface area contributed by atoms with Crippen LogP contribution in [0.4, 0.5) is 0 Å². The van der Waals surface area contributed by atoms with Gasteiger partial charge in [0.2, 0.25) is 5.78 Å². The summed E-state index contributed by atoms with van der Waals surface area (Å²) < 4.78 is 9.75. The Morgan fingerprint density at radius 2 is 1.27 bits per heavy atom. The third kappa shape index (κ3) is 13.4. The Balaban J connectivity index is 0. The highest BCUT2D eigenvalue weighted by Gasteiger charge is 2.34. The van der Waals surface area contributed by atoms with Crippen molar-refractivity contribution in [1.29, 1.82) is 0 Å². The number of aliphatic carboxylic acids is 2. The molecule has 0 fully saturated rings. The molecule has 0 aromatic heterocycles. The van der Waals surface area contributed by atoms with E-state index >= 15 is 0 Å². The third-order valence-electron chi connectivity index (χ3n) is 2.25. The fourth-order valence-corrected chi connectivity index (χ4v) is 1.20. The molecule has 0 bridgehead atoms. The molecule has 0 spiro atoms. The fraction of sp³-hybridized carbons (Fsp3) is 0.769. The molecule has 0 heterocycles.